The second kappa shape index (κ2) is 10.2. The molecule has 3 rings (SSSR count). The van der Waals surface area contributed by atoms with E-state index in [0.717, 1.165) is 29.4 Å². The standard InChI is InChI=1S/C18H18ClN3.C2H2O4/c1-22(12-14-5-3-2-4-6-14)13-16-11-20-21-18(16)15-7-9-17(19)10-8-15;3-1(4)2(5)6/h2-11H,12-13H2,1H3,(H,20,21);(H,3,4)(H,5,6). The molecule has 0 spiro atoms. The van der Waals surface area contributed by atoms with Crippen molar-refractivity contribution in [2.24, 2.45) is 0 Å². The van der Waals surface area contributed by atoms with E-state index in [-0.39, 0.29) is 0 Å². The van der Waals surface area contributed by atoms with Crippen LogP contribution in [0, 0.1) is 0 Å². The smallest absolute Gasteiger partial charge is 0.414 e. The number of carboxylic acid groups (broad SMARTS) is 2. The Morgan fingerprint density at radius 3 is 2.18 bits per heavy atom. The zero-order valence-electron chi connectivity index (χ0n) is 15.2. The van der Waals surface area contributed by atoms with E-state index in [1.807, 2.05) is 36.5 Å². The van der Waals surface area contributed by atoms with Gasteiger partial charge in [-0.05, 0) is 30.3 Å². The molecule has 0 aliphatic carbocycles. The average Bonchev–Trinajstić information content (AvgIpc) is 3.11. The molecule has 0 aliphatic heterocycles. The third kappa shape index (κ3) is 6.53. The van der Waals surface area contributed by atoms with Crippen LogP contribution in [0.2, 0.25) is 5.02 Å². The third-order valence-corrected chi connectivity index (χ3v) is 4.02. The number of nitrogens with zero attached hydrogens (tertiary/aromatic N) is 2. The summed E-state index contributed by atoms with van der Waals surface area (Å²) in [6.45, 7) is 1.75. The van der Waals surface area contributed by atoms with Crippen LogP contribution in [0.4, 0.5) is 0 Å². The van der Waals surface area contributed by atoms with Crippen LogP contribution in [-0.2, 0) is 22.7 Å². The van der Waals surface area contributed by atoms with Gasteiger partial charge in [0.25, 0.3) is 0 Å². The van der Waals surface area contributed by atoms with Gasteiger partial charge in [0.2, 0.25) is 0 Å². The lowest BCUT2D eigenvalue weighted by molar-refractivity contribution is -0.159. The molecule has 2 aromatic carbocycles. The molecule has 7 nitrogen and oxygen atoms in total. The van der Waals surface area contributed by atoms with Crippen LogP contribution < -0.4 is 0 Å². The van der Waals surface area contributed by atoms with Gasteiger partial charge in [0.15, 0.2) is 0 Å². The van der Waals surface area contributed by atoms with Gasteiger partial charge in [0.1, 0.15) is 0 Å². The number of carbonyl (C=O) groups is 2. The molecule has 1 aromatic heterocycles. The highest BCUT2D eigenvalue weighted by molar-refractivity contribution is 6.30. The molecule has 3 aromatic rings. The number of rotatable bonds is 5. The van der Waals surface area contributed by atoms with Crippen LogP contribution in [0.3, 0.4) is 0 Å². The summed E-state index contributed by atoms with van der Waals surface area (Å²) >= 11 is 5.95. The second-order valence-electron chi connectivity index (χ2n) is 6.05. The molecule has 0 radical (unpaired) electrons. The van der Waals surface area contributed by atoms with Gasteiger partial charge >= 0.3 is 11.9 Å². The number of aromatic amines is 1. The van der Waals surface area contributed by atoms with E-state index in [1.54, 1.807) is 0 Å². The first kappa shape index (κ1) is 21.1. The Hall–Kier alpha value is -3.16. The van der Waals surface area contributed by atoms with Gasteiger partial charge in [-0.15, -0.1) is 0 Å². The summed E-state index contributed by atoms with van der Waals surface area (Å²) in [6, 6.07) is 18.3. The van der Waals surface area contributed by atoms with Gasteiger partial charge in [-0.2, -0.15) is 5.10 Å². The van der Waals surface area contributed by atoms with Crippen molar-refractivity contribution in [1.29, 1.82) is 0 Å². The van der Waals surface area contributed by atoms with E-state index in [0.29, 0.717) is 0 Å². The Kier molecular flexibility index (Phi) is 7.74. The van der Waals surface area contributed by atoms with Gasteiger partial charge in [0, 0.05) is 23.7 Å². The van der Waals surface area contributed by atoms with Gasteiger partial charge in [-0.25, -0.2) is 9.59 Å². The van der Waals surface area contributed by atoms with Crippen LogP contribution in [0.25, 0.3) is 11.3 Å². The molecule has 0 atom stereocenters. The highest BCUT2D eigenvalue weighted by atomic mass is 35.5. The summed E-state index contributed by atoms with van der Waals surface area (Å²) in [5.74, 6) is -3.65. The van der Waals surface area contributed by atoms with E-state index >= 15 is 0 Å². The number of hydrogen-bond donors (Lipinski definition) is 3. The number of H-pyrrole nitrogens is 1. The molecule has 0 fully saturated rings. The molecule has 0 saturated carbocycles. The number of hydrogen-bond acceptors (Lipinski definition) is 4. The lowest BCUT2D eigenvalue weighted by Gasteiger charge is -2.16. The maximum Gasteiger partial charge on any atom is 0.414 e. The highest BCUT2D eigenvalue weighted by Gasteiger charge is 2.10. The normalized spacial score (nSPS) is 10.2. The van der Waals surface area contributed by atoms with Crippen molar-refractivity contribution in [2.45, 2.75) is 13.1 Å². The molecule has 28 heavy (non-hydrogen) atoms. The zero-order valence-corrected chi connectivity index (χ0v) is 15.9. The Balaban J connectivity index is 0.000000409. The minimum absolute atomic E-state index is 0.742. The van der Waals surface area contributed by atoms with E-state index in [9.17, 15) is 0 Å². The zero-order chi connectivity index (χ0) is 20.5. The maximum absolute atomic E-state index is 9.10. The molecule has 1 heterocycles. The molecule has 0 saturated heterocycles. The molecular formula is C20H20ClN3O4. The first-order valence-electron chi connectivity index (χ1n) is 8.33. The van der Waals surface area contributed by atoms with Gasteiger partial charge in [0.05, 0.1) is 11.9 Å². The Bertz CT molecular complexity index is 899. The van der Waals surface area contributed by atoms with Crippen molar-refractivity contribution in [3.8, 4) is 11.3 Å². The van der Waals surface area contributed by atoms with E-state index in [2.05, 4.69) is 46.4 Å². The van der Waals surface area contributed by atoms with Crippen molar-refractivity contribution in [1.82, 2.24) is 15.1 Å². The summed E-state index contributed by atoms with van der Waals surface area (Å²) < 4.78 is 0. The van der Waals surface area contributed by atoms with Crippen molar-refractivity contribution >= 4 is 23.5 Å². The molecule has 0 aliphatic rings. The first-order chi connectivity index (χ1) is 13.4. The number of benzene rings is 2. The van der Waals surface area contributed by atoms with Crippen LogP contribution in [-0.4, -0.2) is 44.3 Å². The van der Waals surface area contributed by atoms with E-state index in [1.165, 1.54) is 11.1 Å². The predicted octanol–water partition coefficient (Wildman–Crippen LogP) is 3.52. The van der Waals surface area contributed by atoms with Gasteiger partial charge < -0.3 is 10.2 Å². The Labute approximate surface area is 167 Å². The monoisotopic (exact) mass is 401 g/mol. The fourth-order valence-electron chi connectivity index (χ4n) is 2.54. The second-order valence-corrected chi connectivity index (χ2v) is 6.48. The average molecular weight is 402 g/mol. The summed E-state index contributed by atoms with van der Waals surface area (Å²) in [7, 11) is 2.12. The van der Waals surface area contributed by atoms with Gasteiger partial charge in [-0.3, -0.25) is 10.00 Å². The third-order valence-electron chi connectivity index (χ3n) is 3.77. The maximum atomic E-state index is 9.10. The quantitative estimate of drug-likeness (QED) is 0.565. The van der Waals surface area contributed by atoms with Crippen molar-refractivity contribution in [3.05, 3.63) is 76.9 Å². The minimum Gasteiger partial charge on any atom is -0.473 e. The summed E-state index contributed by atoms with van der Waals surface area (Å²) in [5, 5.41) is 22.8. The number of aromatic nitrogens is 2. The lowest BCUT2D eigenvalue weighted by Crippen LogP contribution is -2.17. The van der Waals surface area contributed by atoms with Crippen LogP contribution in [0.15, 0.2) is 60.8 Å². The SMILES string of the molecule is CN(Cc1ccccc1)Cc1cn[nH]c1-c1ccc(Cl)cc1.O=C(O)C(=O)O. The highest BCUT2D eigenvalue weighted by Crippen LogP contribution is 2.24. The van der Waals surface area contributed by atoms with Crippen molar-refractivity contribution in [3.63, 3.8) is 0 Å². The fourth-order valence-corrected chi connectivity index (χ4v) is 2.67. The van der Waals surface area contributed by atoms with Gasteiger partial charge in [-0.1, -0.05) is 54.1 Å². The largest absolute Gasteiger partial charge is 0.473 e. The van der Waals surface area contributed by atoms with Crippen LogP contribution >= 0.6 is 11.6 Å². The molecular weight excluding hydrogens is 382 g/mol. The number of aliphatic carboxylic acids is 2. The first-order valence-corrected chi connectivity index (χ1v) is 8.71. The number of nitrogens with one attached hydrogen (secondary N) is 1. The summed E-state index contributed by atoms with van der Waals surface area (Å²) in [6.07, 6.45) is 1.89. The molecule has 8 heteroatoms. The molecule has 0 unspecified atom stereocenters. The molecule has 146 valence electrons. The topological polar surface area (TPSA) is 107 Å². The van der Waals surface area contributed by atoms with E-state index < -0.39 is 11.9 Å². The Morgan fingerprint density at radius 1 is 1.00 bits per heavy atom. The predicted molar refractivity (Wildman–Crippen MR) is 106 cm³/mol. The lowest BCUT2D eigenvalue weighted by atomic mass is 10.1. The number of halogens is 1. The number of carboxylic acids is 2. The summed E-state index contributed by atoms with van der Waals surface area (Å²) in [5.41, 5.74) is 4.64. The Morgan fingerprint density at radius 2 is 1.61 bits per heavy atom. The fraction of sp³-hybridized carbons (Fsp3) is 0.150. The molecule has 0 bridgehead atoms. The van der Waals surface area contributed by atoms with Crippen molar-refractivity contribution in [2.75, 3.05) is 7.05 Å². The minimum atomic E-state index is -1.82. The van der Waals surface area contributed by atoms with Crippen molar-refractivity contribution < 1.29 is 19.8 Å². The van der Waals surface area contributed by atoms with Crippen LogP contribution in [0.5, 0.6) is 0 Å². The van der Waals surface area contributed by atoms with Crippen LogP contribution in [0.1, 0.15) is 11.1 Å². The summed E-state index contributed by atoms with van der Waals surface area (Å²) in [4.78, 5) is 20.5. The molecule has 3 N–H and O–H groups in total. The molecule has 0 amide bonds. The van der Waals surface area contributed by atoms with E-state index in [4.69, 9.17) is 31.4 Å².